The normalized spacial score (nSPS) is 9.82. The van der Waals surface area contributed by atoms with Gasteiger partial charge in [0.1, 0.15) is 11.6 Å². The zero-order valence-corrected chi connectivity index (χ0v) is 10.7. The summed E-state index contributed by atoms with van der Waals surface area (Å²) in [5.74, 6) is 1.63. The summed E-state index contributed by atoms with van der Waals surface area (Å²) in [6, 6.07) is 5.72. The Hall–Kier alpha value is -1.78. The summed E-state index contributed by atoms with van der Waals surface area (Å²) in [7, 11) is 1.83. The van der Waals surface area contributed by atoms with Crippen molar-refractivity contribution in [3.8, 4) is 0 Å². The molecule has 0 aliphatic carbocycles. The van der Waals surface area contributed by atoms with Gasteiger partial charge in [0.15, 0.2) is 0 Å². The highest BCUT2D eigenvalue weighted by Crippen LogP contribution is 2.13. The number of carbonyl (C=O) groups is 1. The lowest BCUT2D eigenvalue weighted by atomic mass is 10.3. The summed E-state index contributed by atoms with van der Waals surface area (Å²) >= 11 is 0. The Kier molecular flexibility index (Phi) is 5.26. The topological polar surface area (TPSA) is 57.3 Å². The van der Waals surface area contributed by atoms with E-state index in [0.29, 0.717) is 13.1 Å². The van der Waals surface area contributed by atoms with Crippen LogP contribution < -0.4 is 15.5 Å². The second-order valence-electron chi connectivity index (χ2n) is 3.60. The highest BCUT2D eigenvalue weighted by atomic mass is 16.2. The molecule has 0 aliphatic rings. The van der Waals surface area contributed by atoms with Crippen LogP contribution in [0, 0.1) is 0 Å². The molecule has 0 radical (unpaired) electrons. The summed E-state index contributed by atoms with van der Waals surface area (Å²) in [4.78, 5) is 17.9. The third kappa shape index (κ3) is 3.94. The molecule has 1 rings (SSSR count). The third-order valence-electron chi connectivity index (χ3n) is 2.40. The summed E-state index contributed by atoms with van der Waals surface area (Å²) in [5, 5.41) is 5.77. The van der Waals surface area contributed by atoms with E-state index in [1.807, 2.05) is 44.0 Å². The molecule has 0 bridgehead atoms. The van der Waals surface area contributed by atoms with Crippen LogP contribution in [0.1, 0.15) is 13.8 Å². The van der Waals surface area contributed by atoms with Gasteiger partial charge in [0.2, 0.25) is 5.91 Å². The van der Waals surface area contributed by atoms with Gasteiger partial charge in [-0.1, -0.05) is 6.07 Å². The van der Waals surface area contributed by atoms with Crippen LogP contribution in [0.4, 0.5) is 11.6 Å². The SMILES string of the molecule is CCNC(=O)CN(CC)c1cccc(NC)n1. The Morgan fingerprint density at radius 2 is 2.18 bits per heavy atom. The maximum atomic E-state index is 11.5. The first-order valence-corrected chi connectivity index (χ1v) is 5.87. The number of carbonyl (C=O) groups excluding carboxylic acids is 1. The van der Waals surface area contributed by atoms with Crippen molar-refractivity contribution < 1.29 is 4.79 Å². The molecule has 0 spiro atoms. The maximum absolute atomic E-state index is 11.5. The number of nitrogens with zero attached hydrogens (tertiary/aromatic N) is 2. The Balaban J connectivity index is 2.74. The van der Waals surface area contributed by atoms with E-state index in [1.165, 1.54) is 0 Å². The Bertz CT molecular complexity index is 367. The molecule has 94 valence electrons. The average molecular weight is 236 g/mol. The molecule has 0 unspecified atom stereocenters. The standard InChI is InChI=1S/C12H20N4O/c1-4-14-12(17)9-16(5-2)11-8-6-7-10(13-3)15-11/h6-8H,4-5,9H2,1-3H3,(H,13,15)(H,14,17). The summed E-state index contributed by atoms with van der Waals surface area (Å²) in [6.07, 6.45) is 0. The molecule has 1 aromatic rings. The van der Waals surface area contributed by atoms with Crippen LogP contribution >= 0.6 is 0 Å². The summed E-state index contributed by atoms with van der Waals surface area (Å²) < 4.78 is 0. The van der Waals surface area contributed by atoms with Crippen LogP contribution in [0.2, 0.25) is 0 Å². The molecule has 0 saturated carbocycles. The van der Waals surface area contributed by atoms with Crippen LogP contribution in [-0.2, 0) is 4.79 Å². The monoisotopic (exact) mass is 236 g/mol. The molecule has 0 atom stereocenters. The molecule has 17 heavy (non-hydrogen) atoms. The second kappa shape index (κ2) is 6.73. The number of likely N-dealkylation sites (N-methyl/N-ethyl adjacent to an activating group) is 2. The predicted molar refractivity (Wildman–Crippen MR) is 70.4 cm³/mol. The summed E-state index contributed by atoms with van der Waals surface area (Å²) in [6.45, 7) is 5.66. The molecule has 1 aromatic heterocycles. The fourth-order valence-electron chi connectivity index (χ4n) is 1.52. The minimum Gasteiger partial charge on any atom is -0.373 e. The minimum absolute atomic E-state index is 0.0195. The van der Waals surface area contributed by atoms with Crippen molar-refractivity contribution >= 4 is 17.5 Å². The van der Waals surface area contributed by atoms with E-state index in [0.717, 1.165) is 18.2 Å². The zero-order valence-electron chi connectivity index (χ0n) is 10.7. The van der Waals surface area contributed by atoms with Crippen molar-refractivity contribution in [2.24, 2.45) is 0 Å². The molecule has 0 fully saturated rings. The largest absolute Gasteiger partial charge is 0.373 e. The number of nitrogens with one attached hydrogen (secondary N) is 2. The number of rotatable bonds is 6. The van der Waals surface area contributed by atoms with Gasteiger partial charge in [0, 0.05) is 20.1 Å². The summed E-state index contributed by atoms with van der Waals surface area (Å²) in [5.41, 5.74) is 0. The van der Waals surface area contributed by atoms with Gasteiger partial charge in [0.05, 0.1) is 6.54 Å². The molecule has 0 aliphatic heterocycles. The van der Waals surface area contributed by atoms with E-state index in [2.05, 4.69) is 15.6 Å². The molecule has 2 N–H and O–H groups in total. The first-order valence-electron chi connectivity index (χ1n) is 5.87. The lowest BCUT2D eigenvalue weighted by Gasteiger charge is -2.21. The Morgan fingerprint density at radius 3 is 2.76 bits per heavy atom. The number of amides is 1. The lowest BCUT2D eigenvalue weighted by Crippen LogP contribution is -2.37. The third-order valence-corrected chi connectivity index (χ3v) is 2.40. The van der Waals surface area contributed by atoms with E-state index in [4.69, 9.17) is 0 Å². The van der Waals surface area contributed by atoms with Crippen molar-refractivity contribution in [1.82, 2.24) is 10.3 Å². The van der Waals surface area contributed by atoms with Gasteiger partial charge in [-0.3, -0.25) is 4.79 Å². The van der Waals surface area contributed by atoms with E-state index in [1.54, 1.807) is 0 Å². The fraction of sp³-hybridized carbons (Fsp3) is 0.500. The molecule has 0 aromatic carbocycles. The first kappa shape index (κ1) is 13.3. The van der Waals surface area contributed by atoms with Crippen LogP contribution in [0.25, 0.3) is 0 Å². The maximum Gasteiger partial charge on any atom is 0.239 e. The van der Waals surface area contributed by atoms with Gasteiger partial charge in [-0.2, -0.15) is 0 Å². The Labute approximate surface area is 102 Å². The van der Waals surface area contributed by atoms with E-state index in [9.17, 15) is 4.79 Å². The van der Waals surface area contributed by atoms with Crippen molar-refractivity contribution in [3.05, 3.63) is 18.2 Å². The van der Waals surface area contributed by atoms with Crippen molar-refractivity contribution in [2.45, 2.75) is 13.8 Å². The van der Waals surface area contributed by atoms with Crippen molar-refractivity contribution in [2.75, 3.05) is 36.9 Å². The van der Waals surface area contributed by atoms with Crippen LogP contribution in [0.15, 0.2) is 18.2 Å². The van der Waals surface area contributed by atoms with Gasteiger partial charge in [-0.05, 0) is 26.0 Å². The quantitative estimate of drug-likeness (QED) is 0.776. The average Bonchev–Trinajstić information content (AvgIpc) is 2.36. The highest BCUT2D eigenvalue weighted by molar-refractivity contribution is 5.81. The molecular weight excluding hydrogens is 216 g/mol. The van der Waals surface area contributed by atoms with Gasteiger partial charge in [-0.25, -0.2) is 4.98 Å². The molecule has 5 heteroatoms. The first-order chi connectivity index (χ1) is 8.21. The van der Waals surface area contributed by atoms with Gasteiger partial charge < -0.3 is 15.5 Å². The molecule has 1 amide bonds. The zero-order chi connectivity index (χ0) is 12.7. The number of hydrogen-bond acceptors (Lipinski definition) is 4. The van der Waals surface area contributed by atoms with Crippen molar-refractivity contribution in [1.29, 1.82) is 0 Å². The predicted octanol–water partition coefficient (Wildman–Crippen LogP) is 1.09. The fourth-order valence-corrected chi connectivity index (χ4v) is 1.52. The highest BCUT2D eigenvalue weighted by Gasteiger charge is 2.10. The van der Waals surface area contributed by atoms with Crippen molar-refractivity contribution in [3.63, 3.8) is 0 Å². The number of aromatic nitrogens is 1. The smallest absolute Gasteiger partial charge is 0.239 e. The molecule has 0 saturated heterocycles. The van der Waals surface area contributed by atoms with E-state index < -0.39 is 0 Å². The molecule has 1 heterocycles. The van der Waals surface area contributed by atoms with E-state index in [-0.39, 0.29) is 5.91 Å². The van der Waals surface area contributed by atoms with Gasteiger partial charge >= 0.3 is 0 Å². The van der Waals surface area contributed by atoms with Crippen LogP contribution in [-0.4, -0.2) is 37.6 Å². The number of pyridine rings is 1. The van der Waals surface area contributed by atoms with Crippen LogP contribution in [0.5, 0.6) is 0 Å². The number of hydrogen-bond donors (Lipinski definition) is 2. The minimum atomic E-state index is 0.0195. The second-order valence-corrected chi connectivity index (χ2v) is 3.60. The molecule has 5 nitrogen and oxygen atoms in total. The lowest BCUT2D eigenvalue weighted by molar-refractivity contribution is -0.119. The van der Waals surface area contributed by atoms with Crippen LogP contribution in [0.3, 0.4) is 0 Å². The Morgan fingerprint density at radius 1 is 1.41 bits per heavy atom. The molecular formula is C12H20N4O. The van der Waals surface area contributed by atoms with Gasteiger partial charge in [0.25, 0.3) is 0 Å². The number of anilines is 2. The van der Waals surface area contributed by atoms with E-state index >= 15 is 0 Å². The van der Waals surface area contributed by atoms with Gasteiger partial charge in [-0.15, -0.1) is 0 Å².